The molecule has 1 N–H and O–H groups in total. The summed E-state index contributed by atoms with van der Waals surface area (Å²) < 4.78 is 0. The smallest absolute Gasteiger partial charge is 0.100 e. The average Bonchev–Trinajstić information content (AvgIpc) is 2.23. The predicted molar refractivity (Wildman–Crippen MR) is 78.6 cm³/mol. The molecule has 1 heteroatoms. The van der Waals surface area contributed by atoms with Crippen LogP contribution in [0.4, 0.5) is 0 Å². The number of hydrogen-bond donors (Lipinski definition) is 1. The molecule has 0 aliphatic rings. The predicted octanol–water partition coefficient (Wildman–Crippen LogP) is 4.58. The Morgan fingerprint density at radius 3 is 1.94 bits per heavy atom. The second kappa shape index (κ2) is 5.27. The first-order valence-corrected chi connectivity index (χ1v) is 6.58. The zero-order valence-corrected chi connectivity index (χ0v) is 12.5. The van der Waals surface area contributed by atoms with Crippen LogP contribution in [0.5, 0.6) is 0 Å². The van der Waals surface area contributed by atoms with Crippen LogP contribution in [0.2, 0.25) is 0 Å². The molecule has 0 aliphatic carbocycles. The summed E-state index contributed by atoms with van der Waals surface area (Å²) in [5, 5.41) is 10.5. The van der Waals surface area contributed by atoms with Gasteiger partial charge in [0.2, 0.25) is 0 Å². The Bertz CT molecular complexity index is 417. The highest BCUT2D eigenvalue weighted by atomic mass is 16.3. The molecule has 0 saturated heterocycles. The first kappa shape index (κ1) is 15.0. The van der Waals surface area contributed by atoms with Gasteiger partial charge in [-0.1, -0.05) is 63.6 Å². The van der Waals surface area contributed by atoms with Crippen LogP contribution in [-0.4, -0.2) is 5.11 Å². The van der Waals surface area contributed by atoms with Crippen molar-refractivity contribution in [3.8, 4) is 0 Å². The zero-order valence-electron chi connectivity index (χ0n) is 12.5. The minimum atomic E-state index is -0.571. The molecule has 0 saturated carbocycles. The van der Waals surface area contributed by atoms with E-state index in [1.54, 1.807) is 0 Å². The molecule has 0 spiro atoms. The van der Waals surface area contributed by atoms with Crippen LogP contribution in [0.15, 0.2) is 30.4 Å². The highest BCUT2D eigenvalue weighted by molar-refractivity contribution is 5.33. The van der Waals surface area contributed by atoms with E-state index in [1.165, 1.54) is 11.1 Å². The first-order chi connectivity index (χ1) is 8.12. The lowest BCUT2D eigenvalue weighted by molar-refractivity contribution is 0.176. The molecule has 0 bridgehead atoms. The van der Waals surface area contributed by atoms with E-state index in [1.807, 2.05) is 12.1 Å². The molecule has 1 unspecified atom stereocenters. The maximum atomic E-state index is 10.5. The summed E-state index contributed by atoms with van der Waals surface area (Å²) in [4.78, 5) is 0. The van der Waals surface area contributed by atoms with Crippen LogP contribution in [-0.2, 0) is 0 Å². The second-order valence-electron chi connectivity index (χ2n) is 6.49. The molecule has 0 heterocycles. The minimum absolute atomic E-state index is 0.122. The van der Waals surface area contributed by atoms with E-state index < -0.39 is 6.10 Å². The van der Waals surface area contributed by atoms with Crippen LogP contribution in [0.25, 0.3) is 0 Å². The van der Waals surface area contributed by atoms with Gasteiger partial charge in [0, 0.05) is 0 Å². The van der Waals surface area contributed by atoms with E-state index in [0.29, 0.717) is 0 Å². The van der Waals surface area contributed by atoms with Crippen molar-refractivity contribution in [2.75, 3.05) is 0 Å². The van der Waals surface area contributed by atoms with E-state index in [0.717, 1.165) is 11.1 Å². The number of rotatable bonds is 3. The number of benzene rings is 1. The maximum Gasteiger partial charge on any atom is 0.100 e. The summed E-state index contributed by atoms with van der Waals surface area (Å²) in [6.07, 6.45) is -0.571. The standard InChI is InChI=1S/C17H26O/c1-11-8-12(2)10-15(9-11)16(18)13(3)14(4)17(5,6)7/h8-10,14,16,18H,3H2,1-2,4-7H3/t14-,16?/m0/s1. The van der Waals surface area contributed by atoms with Gasteiger partial charge in [-0.3, -0.25) is 0 Å². The number of aliphatic hydroxyl groups is 1. The summed E-state index contributed by atoms with van der Waals surface area (Å²) in [5.41, 5.74) is 4.33. The summed E-state index contributed by atoms with van der Waals surface area (Å²) in [7, 11) is 0. The summed E-state index contributed by atoms with van der Waals surface area (Å²) in [6.45, 7) is 16.9. The molecule has 0 aliphatic heterocycles. The summed E-state index contributed by atoms with van der Waals surface area (Å²) in [5.74, 6) is 0.272. The fourth-order valence-electron chi connectivity index (χ4n) is 2.17. The van der Waals surface area contributed by atoms with Crippen molar-refractivity contribution in [1.29, 1.82) is 0 Å². The Labute approximate surface area is 112 Å². The lowest BCUT2D eigenvalue weighted by Gasteiger charge is -2.31. The van der Waals surface area contributed by atoms with Crippen molar-refractivity contribution >= 4 is 0 Å². The average molecular weight is 246 g/mol. The van der Waals surface area contributed by atoms with E-state index in [9.17, 15) is 5.11 Å². The lowest BCUT2D eigenvalue weighted by atomic mass is 9.75. The molecule has 1 aromatic carbocycles. The molecule has 18 heavy (non-hydrogen) atoms. The number of hydrogen-bond acceptors (Lipinski definition) is 1. The SMILES string of the molecule is C=C(C(O)c1cc(C)cc(C)c1)[C@H](C)C(C)(C)C. The van der Waals surface area contributed by atoms with E-state index >= 15 is 0 Å². The van der Waals surface area contributed by atoms with Gasteiger partial charge in [0.1, 0.15) is 6.10 Å². The molecule has 0 aromatic heterocycles. The van der Waals surface area contributed by atoms with Crippen LogP contribution in [0.3, 0.4) is 0 Å². The molecule has 2 atom stereocenters. The van der Waals surface area contributed by atoms with Gasteiger partial charge < -0.3 is 5.11 Å². The third-order valence-electron chi connectivity index (χ3n) is 3.77. The summed E-state index contributed by atoms with van der Waals surface area (Å²) >= 11 is 0. The third-order valence-corrected chi connectivity index (χ3v) is 3.77. The summed E-state index contributed by atoms with van der Waals surface area (Å²) in [6, 6.07) is 6.20. The van der Waals surface area contributed by atoms with Crippen LogP contribution in [0, 0.1) is 25.2 Å². The lowest BCUT2D eigenvalue weighted by Crippen LogP contribution is -2.22. The fourth-order valence-corrected chi connectivity index (χ4v) is 2.17. The zero-order chi connectivity index (χ0) is 14.1. The molecule has 100 valence electrons. The molecular formula is C17H26O. The van der Waals surface area contributed by atoms with Crippen molar-refractivity contribution in [3.05, 3.63) is 47.0 Å². The van der Waals surface area contributed by atoms with Gasteiger partial charge in [0.15, 0.2) is 0 Å². The number of aryl methyl sites for hydroxylation is 2. The van der Waals surface area contributed by atoms with Crippen LogP contribution < -0.4 is 0 Å². The van der Waals surface area contributed by atoms with E-state index in [4.69, 9.17) is 0 Å². The Kier molecular flexibility index (Phi) is 4.39. The minimum Gasteiger partial charge on any atom is -0.384 e. The van der Waals surface area contributed by atoms with Gasteiger partial charge in [0.05, 0.1) is 0 Å². The van der Waals surface area contributed by atoms with Crippen LogP contribution >= 0.6 is 0 Å². The molecule has 0 amide bonds. The fraction of sp³-hybridized carbons (Fsp3) is 0.529. The quantitative estimate of drug-likeness (QED) is 0.774. The Balaban J connectivity index is 3.00. The van der Waals surface area contributed by atoms with E-state index in [-0.39, 0.29) is 11.3 Å². The van der Waals surface area contributed by atoms with Crippen molar-refractivity contribution < 1.29 is 5.11 Å². The second-order valence-corrected chi connectivity index (χ2v) is 6.49. The van der Waals surface area contributed by atoms with E-state index in [2.05, 4.69) is 54.2 Å². The van der Waals surface area contributed by atoms with Crippen molar-refractivity contribution in [1.82, 2.24) is 0 Å². The molecule has 0 fully saturated rings. The highest BCUT2D eigenvalue weighted by Crippen LogP contribution is 2.37. The molecule has 1 aromatic rings. The largest absolute Gasteiger partial charge is 0.384 e. The molecular weight excluding hydrogens is 220 g/mol. The monoisotopic (exact) mass is 246 g/mol. The normalized spacial score (nSPS) is 15.3. The van der Waals surface area contributed by atoms with Gasteiger partial charge in [-0.25, -0.2) is 0 Å². The van der Waals surface area contributed by atoms with Crippen LogP contribution in [0.1, 0.15) is 50.5 Å². The first-order valence-electron chi connectivity index (χ1n) is 6.58. The van der Waals surface area contributed by atoms with Gasteiger partial charge in [-0.05, 0) is 36.3 Å². The highest BCUT2D eigenvalue weighted by Gasteiger charge is 2.27. The molecule has 1 rings (SSSR count). The Morgan fingerprint density at radius 2 is 1.56 bits per heavy atom. The van der Waals surface area contributed by atoms with Gasteiger partial charge in [-0.15, -0.1) is 0 Å². The van der Waals surface area contributed by atoms with Crippen molar-refractivity contribution in [2.24, 2.45) is 11.3 Å². The topological polar surface area (TPSA) is 20.2 Å². The van der Waals surface area contributed by atoms with Crippen molar-refractivity contribution in [2.45, 2.75) is 47.6 Å². The Hall–Kier alpha value is -1.08. The van der Waals surface area contributed by atoms with Gasteiger partial charge in [0.25, 0.3) is 0 Å². The van der Waals surface area contributed by atoms with Gasteiger partial charge in [-0.2, -0.15) is 0 Å². The maximum absolute atomic E-state index is 10.5. The number of aliphatic hydroxyl groups excluding tert-OH is 1. The molecule has 0 radical (unpaired) electrons. The van der Waals surface area contributed by atoms with Gasteiger partial charge >= 0.3 is 0 Å². The third kappa shape index (κ3) is 3.46. The van der Waals surface area contributed by atoms with Crippen molar-refractivity contribution in [3.63, 3.8) is 0 Å². The Morgan fingerprint density at radius 1 is 1.11 bits per heavy atom. The molecule has 1 nitrogen and oxygen atoms in total.